The number of hydrogen-bond donors (Lipinski definition) is 0. The van der Waals surface area contributed by atoms with Crippen molar-refractivity contribution in [1.29, 1.82) is 0 Å². The third-order valence-electron chi connectivity index (χ3n) is 4.64. The van der Waals surface area contributed by atoms with Gasteiger partial charge in [0.15, 0.2) is 0 Å². The van der Waals surface area contributed by atoms with Gasteiger partial charge in [-0.2, -0.15) is 0 Å². The van der Waals surface area contributed by atoms with Crippen molar-refractivity contribution in [1.82, 2.24) is 0 Å². The standard InChI is InChI=1S/C23H23O2/c1-16-6-5-7-17(2)22(16)23(18-8-12-20(24-3)13-9-18)19-10-14-21(25-4)15-11-19/h6-15,23H,1-4H3. The average molecular weight is 331 g/mol. The normalized spacial score (nSPS) is 10.8. The lowest BCUT2D eigenvalue weighted by Crippen LogP contribution is -2.07. The van der Waals surface area contributed by atoms with Crippen molar-refractivity contribution < 1.29 is 9.47 Å². The maximum atomic E-state index is 5.32. The van der Waals surface area contributed by atoms with Gasteiger partial charge in [-0.1, -0.05) is 36.4 Å². The number of rotatable bonds is 5. The van der Waals surface area contributed by atoms with Gasteiger partial charge in [0, 0.05) is 5.92 Å². The number of aryl methyl sites for hydroxylation is 2. The fraction of sp³-hybridized carbons (Fsp3) is 0.217. The average Bonchev–Trinajstić information content (AvgIpc) is 2.65. The summed E-state index contributed by atoms with van der Waals surface area (Å²) in [5, 5.41) is 0. The third kappa shape index (κ3) is 3.53. The smallest absolute Gasteiger partial charge is 0.118 e. The lowest BCUT2D eigenvalue weighted by atomic mass is 9.81. The zero-order valence-corrected chi connectivity index (χ0v) is 15.2. The van der Waals surface area contributed by atoms with Crippen LogP contribution in [0.3, 0.4) is 0 Å². The molecule has 0 spiro atoms. The molecule has 3 aromatic rings. The van der Waals surface area contributed by atoms with Crippen molar-refractivity contribution in [2.75, 3.05) is 14.2 Å². The summed E-state index contributed by atoms with van der Waals surface area (Å²) >= 11 is 0. The van der Waals surface area contributed by atoms with Gasteiger partial charge in [-0.15, -0.1) is 0 Å². The van der Waals surface area contributed by atoms with E-state index in [1.54, 1.807) is 14.2 Å². The quantitative estimate of drug-likeness (QED) is 0.591. The molecule has 0 atom stereocenters. The summed E-state index contributed by atoms with van der Waals surface area (Å²) in [6, 6.07) is 24.0. The Morgan fingerprint density at radius 3 is 1.44 bits per heavy atom. The first-order valence-electron chi connectivity index (χ1n) is 8.39. The van der Waals surface area contributed by atoms with Crippen LogP contribution in [0.4, 0.5) is 0 Å². The molecule has 1 radical (unpaired) electrons. The largest absolute Gasteiger partial charge is 0.497 e. The minimum absolute atomic E-state index is 0.159. The van der Waals surface area contributed by atoms with E-state index in [1.165, 1.54) is 27.8 Å². The van der Waals surface area contributed by atoms with Crippen molar-refractivity contribution in [3.8, 4) is 11.5 Å². The first-order valence-corrected chi connectivity index (χ1v) is 8.39. The summed E-state index contributed by atoms with van der Waals surface area (Å²) < 4.78 is 10.6. The second-order valence-electron chi connectivity index (χ2n) is 6.21. The predicted molar refractivity (Wildman–Crippen MR) is 102 cm³/mol. The van der Waals surface area contributed by atoms with Crippen LogP contribution in [0.25, 0.3) is 0 Å². The van der Waals surface area contributed by atoms with Crippen LogP contribution in [-0.4, -0.2) is 14.2 Å². The second kappa shape index (κ2) is 7.43. The molecular weight excluding hydrogens is 308 g/mol. The molecule has 0 amide bonds. The molecule has 0 saturated carbocycles. The third-order valence-corrected chi connectivity index (χ3v) is 4.64. The fourth-order valence-corrected chi connectivity index (χ4v) is 3.33. The van der Waals surface area contributed by atoms with Crippen molar-refractivity contribution in [2.24, 2.45) is 0 Å². The Kier molecular flexibility index (Phi) is 5.08. The molecule has 2 heteroatoms. The van der Waals surface area contributed by atoms with Gasteiger partial charge in [0.1, 0.15) is 11.5 Å². The number of hydrogen-bond acceptors (Lipinski definition) is 2. The summed E-state index contributed by atoms with van der Waals surface area (Å²) in [5.74, 6) is 1.89. The van der Waals surface area contributed by atoms with Gasteiger partial charge in [-0.3, -0.25) is 0 Å². The van der Waals surface area contributed by atoms with Crippen molar-refractivity contribution in [3.63, 3.8) is 0 Å². The van der Waals surface area contributed by atoms with Gasteiger partial charge < -0.3 is 9.47 Å². The zero-order chi connectivity index (χ0) is 17.8. The summed E-state index contributed by atoms with van der Waals surface area (Å²) in [4.78, 5) is 0. The van der Waals surface area contributed by atoms with Crippen LogP contribution in [0.5, 0.6) is 11.5 Å². The van der Waals surface area contributed by atoms with Gasteiger partial charge >= 0.3 is 0 Å². The molecule has 0 heterocycles. The highest BCUT2D eigenvalue weighted by molar-refractivity contribution is 5.50. The van der Waals surface area contributed by atoms with Crippen molar-refractivity contribution in [2.45, 2.75) is 19.8 Å². The molecule has 0 aliphatic carbocycles. The SMILES string of the molecule is COc1ccc(C(c2ccc(OC)cc2)c2c(C)c[c]cc2C)cc1. The van der Waals surface area contributed by atoms with Gasteiger partial charge in [-0.25, -0.2) is 0 Å². The van der Waals surface area contributed by atoms with Crippen molar-refractivity contribution >= 4 is 0 Å². The maximum absolute atomic E-state index is 5.32. The van der Waals surface area contributed by atoms with E-state index in [2.05, 4.69) is 56.3 Å². The highest BCUT2D eigenvalue weighted by Gasteiger charge is 2.20. The van der Waals surface area contributed by atoms with Crippen LogP contribution in [0.15, 0.2) is 60.7 Å². The first kappa shape index (κ1) is 17.1. The Bertz CT molecular complexity index is 765. The Balaban J connectivity index is 2.16. The maximum Gasteiger partial charge on any atom is 0.118 e. The highest BCUT2D eigenvalue weighted by Crippen LogP contribution is 2.36. The summed E-state index contributed by atoms with van der Waals surface area (Å²) in [6.45, 7) is 4.30. The second-order valence-corrected chi connectivity index (χ2v) is 6.21. The molecule has 0 aromatic heterocycles. The van der Waals surface area contributed by atoms with E-state index in [0.29, 0.717) is 0 Å². The molecule has 0 fully saturated rings. The monoisotopic (exact) mass is 331 g/mol. The van der Waals surface area contributed by atoms with Crippen LogP contribution in [0, 0.1) is 19.9 Å². The van der Waals surface area contributed by atoms with Gasteiger partial charge in [0.25, 0.3) is 0 Å². The van der Waals surface area contributed by atoms with E-state index in [1.807, 2.05) is 24.3 Å². The zero-order valence-electron chi connectivity index (χ0n) is 15.2. The molecule has 0 aliphatic heterocycles. The molecule has 127 valence electrons. The molecule has 0 bridgehead atoms. The van der Waals surface area contributed by atoms with E-state index < -0.39 is 0 Å². The summed E-state index contributed by atoms with van der Waals surface area (Å²) in [5.41, 5.74) is 6.30. The van der Waals surface area contributed by atoms with E-state index in [4.69, 9.17) is 9.47 Å². The number of ether oxygens (including phenoxy) is 2. The van der Waals surface area contributed by atoms with Crippen LogP contribution in [-0.2, 0) is 0 Å². The first-order chi connectivity index (χ1) is 12.1. The minimum atomic E-state index is 0.159. The Hall–Kier alpha value is -2.74. The van der Waals surface area contributed by atoms with Crippen LogP contribution in [0.1, 0.15) is 33.7 Å². The molecule has 3 aromatic carbocycles. The van der Waals surface area contributed by atoms with E-state index >= 15 is 0 Å². The van der Waals surface area contributed by atoms with E-state index in [9.17, 15) is 0 Å². The summed E-state index contributed by atoms with van der Waals surface area (Å²) in [6.07, 6.45) is 0. The van der Waals surface area contributed by atoms with Crippen LogP contribution in [0.2, 0.25) is 0 Å². The Morgan fingerprint density at radius 1 is 0.680 bits per heavy atom. The molecule has 0 N–H and O–H groups in total. The Labute approximate surface area is 150 Å². The minimum Gasteiger partial charge on any atom is -0.497 e. The lowest BCUT2D eigenvalue weighted by Gasteiger charge is -2.23. The van der Waals surface area contributed by atoms with Crippen LogP contribution < -0.4 is 9.47 Å². The highest BCUT2D eigenvalue weighted by atomic mass is 16.5. The molecule has 0 aliphatic rings. The predicted octanol–water partition coefficient (Wildman–Crippen LogP) is 5.30. The topological polar surface area (TPSA) is 18.5 Å². The van der Waals surface area contributed by atoms with Gasteiger partial charge in [0.05, 0.1) is 14.2 Å². The molecule has 25 heavy (non-hydrogen) atoms. The Morgan fingerprint density at radius 2 is 1.08 bits per heavy atom. The fourth-order valence-electron chi connectivity index (χ4n) is 3.33. The molecule has 2 nitrogen and oxygen atoms in total. The molecule has 0 unspecified atom stereocenters. The number of methoxy groups -OCH3 is 2. The molecular formula is C23H23O2. The van der Waals surface area contributed by atoms with E-state index in [0.717, 1.165) is 11.5 Å². The summed E-state index contributed by atoms with van der Waals surface area (Å²) in [7, 11) is 3.38. The number of benzene rings is 3. The molecule has 3 rings (SSSR count). The van der Waals surface area contributed by atoms with Crippen LogP contribution >= 0.6 is 0 Å². The lowest BCUT2D eigenvalue weighted by molar-refractivity contribution is 0.414. The van der Waals surface area contributed by atoms with Gasteiger partial charge in [0.2, 0.25) is 0 Å². The van der Waals surface area contributed by atoms with E-state index in [-0.39, 0.29) is 5.92 Å². The van der Waals surface area contributed by atoms with Gasteiger partial charge in [-0.05, 0) is 72.0 Å². The van der Waals surface area contributed by atoms with Crippen molar-refractivity contribution in [3.05, 3.63) is 94.5 Å². The molecule has 0 saturated heterocycles.